The lowest BCUT2D eigenvalue weighted by Crippen LogP contribution is -2.35. The maximum absolute atomic E-state index is 11.9. The number of ether oxygens (including phenoxy) is 1. The van der Waals surface area contributed by atoms with E-state index in [1.807, 2.05) is 30.3 Å². The normalized spacial score (nSPS) is 31.7. The molecule has 3 rings (SSSR count). The first-order valence-corrected chi connectivity index (χ1v) is 6.99. The second-order valence-electron chi connectivity index (χ2n) is 5.49. The van der Waals surface area contributed by atoms with Gasteiger partial charge in [0.05, 0.1) is 12.2 Å². The summed E-state index contributed by atoms with van der Waals surface area (Å²) < 4.78 is 6.06. The molecular weight excluding hydrogens is 240 g/mol. The molecular formula is C16H18O3. The second kappa shape index (κ2) is 5.25. The minimum absolute atomic E-state index is 0.0598. The first kappa shape index (κ1) is 12.5. The first-order valence-electron chi connectivity index (χ1n) is 6.99. The molecule has 1 aromatic rings. The molecule has 1 saturated carbocycles. The average molecular weight is 258 g/mol. The highest BCUT2D eigenvalue weighted by atomic mass is 16.5. The van der Waals surface area contributed by atoms with Crippen LogP contribution < -0.4 is 0 Å². The van der Waals surface area contributed by atoms with Crippen molar-refractivity contribution in [2.24, 2.45) is 5.92 Å². The predicted molar refractivity (Wildman–Crippen MR) is 70.6 cm³/mol. The van der Waals surface area contributed by atoms with Gasteiger partial charge in [-0.1, -0.05) is 30.3 Å². The number of Topliss-reactive ketones (excluding diaryl/α,β-unsaturated/α-hetero) is 2. The Morgan fingerprint density at radius 1 is 1.05 bits per heavy atom. The van der Waals surface area contributed by atoms with Crippen molar-refractivity contribution in [1.29, 1.82) is 0 Å². The highest BCUT2D eigenvalue weighted by Crippen LogP contribution is 2.36. The van der Waals surface area contributed by atoms with E-state index in [1.165, 1.54) is 0 Å². The number of benzene rings is 1. The summed E-state index contributed by atoms with van der Waals surface area (Å²) in [5.74, 6) is 0.423. The molecule has 1 aliphatic carbocycles. The van der Waals surface area contributed by atoms with Gasteiger partial charge < -0.3 is 4.74 Å². The number of carbonyl (C=O) groups excluding carboxylic acids is 2. The molecule has 0 N–H and O–H groups in total. The van der Waals surface area contributed by atoms with Crippen molar-refractivity contribution in [1.82, 2.24) is 0 Å². The molecule has 2 aliphatic rings. The van der Waals surface area contributed by atoms with Gasteiger partial charge in [-0.3, -0.25) is 9.59 Å². The molecule has 3 heteroatoms. The topological polar surface area (TPSA) is 43.4 Å². The maximum Gasteiger partial charge on any atom is 0.138 e. The number of carbonyl (C=O) groups is 2. The molecule has 1 saturated heterocycles. The minimum atomic E-state index is -0.207. The van der Waals surface area contributed by atoms with E-state index in [0.29, 0.717) is 19.3 Å². The monoisotopic (exact) mass is 258 g/mol. The molecule has 3 atom stereocenters. The van der Waals surface area contributed by atoms with Gasteiger partial charge in [-0.15, -0.1) is 0 Å². The van der Waals surface area contributed by atoms with E-state index in [4.69, 9.17) is 4.74 Å². The van der Waals surface area contributed by atoms with Gasteiger partial charge in [0.25, 0.3) is 0 Å². The molecule has 0 amide bonds. The highest BCUT2D eigenvalue weighted by Gasteiger charge is 2.38. The lowest BCUT2D eigenvalue weighted by Gasteiger charge is -2.32. The van der Waals surface area contributed by atoms with Crippen molar-refractivity contribution in [3.63, 3.8) is 0 Å². The Kier molecular flexibility index (Phi) is 3.47. The molecule has 0 radical (unpaired) electrons. The van der Waals surface area contributed by atoms with Crippen molar-refractivity contribution in [2.75, 3.05) is 0 Å². The molecule has 1 heterocycles. The summed E-state index contributed by atoms with van der Waals surface area (Å²) in [6, 6.07) is 9.82. The Labute approximate surface area is 113 Å². The minimum Gasteiger partial charge on any atom is -0.369 e. The van der Waals surface area contributed by atoms with Crippen LogP contribution >= 0.6 is 0 Å². The Morgan fingerprint density at radius 2 is 1.84 bits per heavy atom. The fourth-order valence-corrected chi connectivity index (χ4v) is 3.16. The summed E-state index contributed by atoms with van der Waals surface area (Å²) in [6.07, 6.45) is 2.91. The van der Waals surface area contributed by atoms with Crippen LogP contribution in [0.3, 0.4) is 0 Å². The zero-order valence-corrected chi connectivity index (χ0v) is 10.9. The van der Waals surface area contributed by atoms with Crippen LogP contribution in [0.2, 0.25) is 0 Å². The molecule has 2 fully saturated rings. The van der Waals surface area contributed by atoms with E-state index in [2.05, 4.69) is 0 Å². The van der Waals surface area contributed by atoms with Crippen molar-refractivity contribution in [3.8, 4) is 0 Å². The summed E-state index contributed by atoms with van der Waals surface area (Å²) in [5.41, 5.74) is 1.03. The fraction of sp³-hybridized carbons (Fsp3) is 0.500. The van der Waals surface area contributed by atoms with E-state index in [9.17, 15) is 9.59 Å². The Hall–Kier alpha value is -1.48. The standard InChI is InChI=1S/C16H18O3/c17-12-9-15(11-5-2-1-3-6-11)19-16(10-12)13-7-4-8-14(13)18/h1-3,5-6,13,15-16H,4,7-10H2/t13-,15+,16+/m0/s1. The molecule has 1 aliphatic heterocycles. The Balaban J connectivity index is 1.77. The van der Waals surface area contributed by atoms with Gasteiger partial charge in [-0.25, -0.2) is 0 Å². The predicted octanol–water partition coefficient (Wildman–Crippen LogP) is 2.85. The summed E-state index contributed by atoms with van der Waals surface area (Å²) in [7, 11) is 0. The van der Waals surface area contributed by atoms with Crippen LogP contribution in [0.1, 0.15) is 43.8 Å². The molecule has 0 bridgehead atoms. The van der Waals surface area contributed by atoms with Crippen LogP contribution in [0.5, 0.6) is 0 Å². The Bertz CT molecular complexity index is 480. The van der Waals surface area contributed by atoms with E-state index in [0.717, 1.165) is 18.4 Å². The maximum atomic E-state index is 11.9. The van der Waals surface area contributed by atoms with E-state index in [-0.39, 0.29) is 29.7 Å². The van der Waals surface area contributed by atoms with E-state index < -0.39 is 0 Å². The van der Waals surface area contributed by atoms with E-state index in [1.54, 1.807) is 0 Å². The van der Waals surface area contributed by atoms with Crippen LogP contribution in [-0.2, 0) is 14.3 Å². The lowest BCUT2D eigenvalue weighted by atomic mass is 9.89. The molecule has 0 aromatic heterocycles. The van der Waals surface area contributed by atoms with Crippen LogP contribution in [-0.4, -0.2) is 17.7 Å². The number of rotatable bonds is 2. The van der Waals surface area contributed by atoms with Gasteiger partial charge in [0.15, 0.2) is 0 Å². The quantitative estimate of drug-likeness (QED) is 0.819. The third-order valence-electron chi connectivity index (χ3n) is 4.15. The van der Waals surface area contributed by atoms with Crippen molar-refractivity contribution < 1.29 is 14.3 Å². The van der Waals surface area contributed by atoms with Gasteiger partial charge >= 0.3 is 0 Å². The largest absolute Gasteiger partial charge is 0.369 e. The van der Waals surface area contributed by atoms with Gasteiger partial charge in [-0.2, -0.15) is 0 Å². The SMILES string of the molecule is O=C1C[C@H](c2ccccc2)O[C@@H]([C@H]2CCCC2=O)C1. The van der Waals surface area contributed by atoms with Crippen LogP contribution in [0, 0.1) is 5.92 Å². The smallest absolute Gasteiger partial charge is 0.138 e. The summed E-state index contributed by atoms with van der Waals surface area (Å²) >= 11 is 0. The molecule has 19 heavy (non-hydrogen) atoms. The molecule has 100 valence electrons. The third kappa shape index (κ3) is 2.61. The number of ketones is 2. The number of hydrogen-bond donors (Lipinski definition) is 0. The summed E-state index contributed by atoms with van der Waals surface area (Å²) in [5, 5.41) is 0. The van der Waals surface area contributed by atoms with Crippen LogP contribution in [0.15, 0.2) is 30.3 Å². The first-order chi connectivity index (χ1) is 9.24. The van der Waals surface area contributed by atoms with Crippen LogP contribution in [0.25, 0.3) is 0 Å². The third-order valence-corrected chi connectivity index (χ3v) is 4.15. The van der Waals surface area contributed by atoms with Gasteiger partial charge in [0.2, 0.25) is 0 Å². The average Bonchev–Trinajstić information content (AvgIpc) is 2.85. The van der Waals surface area contributed by atoms with Gasteiger partial charge in [-0.05, 0) is 18.4 Å². The summed E-state index contributed by atoms with van der Waals surface area (Å²) in [6.45, 7) is 0. The second-order valence-corrected chi connectivity index (χ2v) is 5.49. The molecule has 0 spiro atoms. The van der Waals surface area contributed by atoms with Crippen molar-refractivity contribution in [2.45, 2.75) is 44.3 Å². The molecule has 3 nitrogen and oxygen atoms in total. The van der Waals surface area contributed by atoms with E-state index >= 15 is 0 Å². The van der Waals surface area contributed by atoms with Crippen molar-refractivity contribution >= 4 is 11.6 Å². The fourth-order valence-electron chi connectivity index (χ4n) is 3.16. The zero-order chi connectivity index (χ0) is 13.2. The Morgan fingerprint density at radius 3 is 2.53 bits per heavy atom. The number of hydrogen-bond acceptors (Lipinski definition) is 3. The highest BCUT2D eigenvalue weighted by molar-refractivity contribution is 5.86. The van der Waals surface area contributed by atoms with Gasteiger partial charge in [0.1, 0.15) is 11.6 Å². The van der Waals surface area contributed by atoms with Crippen molar-refractivity contribution in [3.05, 3.63) is 35.9 Å². The lowest BCUT2D eigenvalue weighted by molar-refractivity contribution is -0.144. The van der Waals surface area contributed by atoms with Crippen LogP contribution in [0.4, 0.5) is 0 Å². The summed E-state index contributed by atoms with van der Waals surface area (Å²) in [4.78, 5) is 23.8. The van der Waals surface area contributed by atoms with Gasteiger partial charge in [0, 0.05) is 25.2 Å². The molecule has 1 aromatic carbocycles. The zero-order valence-electron chi connectivity index (χ0n) is 10.9. The molecule has 0 unspecified atom stereocenters.